The van der Waals surface area contributed by atoms with E-state index in [0.717, 1.165) is 23.1 Å². The van der Waals surface area contributed by atoms with E-state index in [1.807, 2.05) is 68.7 Å². The van der Waals surface area contributed by atoms with Crippen LogP contribution >= 0.6 is 0 Å². The molecule has 7 nitrogen and oxygen atoms in total. The minimum atomic E-state index is -0.153. The highest BCUT2D eigenvalue weighted by atomic mass is 16.2. The number of nitrogens with one attached hydrogen (secondary N) is 1. The fraction of sp³-hybridized carbons (Fsp3) is 0.280. The summed E-state index contributed by atoms with van der Waals surface area (Å²) in [5.41, 5.74) is 3.98. The molecule has 0 unspecified atom stereocenters. The molecule has 0 saturated heterocycles. The van der Waals surface area contributed by atoms with E-state index in [0.29, 0.717) is 30.2 Å². The van der Waals surface area contributed by atoms with Gasteiger partial charge < -0.3 is 15.1 Å². The van der Waals surface area contributed by atoms with E-state index in [9.17, 15) is 9.59 Å². The molecule has 0 aliphatic carbocycles. The maximum Gasteiger partial charge on any atom is 0.257 e. The van der Waals surface area contributed by atoms with Gasteiger partial charge in [-0.15, -0.1) is 0 Å². The molecule has 0 fully saturated rings. The summed E-state index contributed by atoms with van der Waals surface area (Å²) in [6.07, 6.45) is 2.74. The first kappa shape index (κ1) is 22.9. The molecule has 0 saturated carbocycles. The van der Waals surface area contributed by atoms with Gasteiger partial charge in [0.25, 0.3) is 5.91 Å². The van der Waals surface area contributed by atoms with E-state index in [2.05, 4.69) is 15.3 Å². The van der Waals surface area contributed by atoms with Crippen molar-refractivity contribution in [3.05, 3.63) is 77.5 Å². The fourth-order valence-electron chi connectivity index (χ4n) is 3.18. The normalized spacial score (nSPS) is 10.5. The number of carbonyl (C=O) groups excluding carboxylic acids is 2. The van der Waals surface area contributed by atoms with Crippen LogP contribution in [-0.2, 0) is 17.8 Å². The number of nitrogens with zero attached hydrogens (tertiary/aromatic N) is 4. The van der Waals surface area contributed by atoms with Crippen molar-refractivity contribution in [1.29, 1.82) is 0 Å². The third kappa shape index (κ3) is 5.91. The highest BCUT2D eigenvalue weighted by molar-refractivity contribution is 5.99. The molecule has 0 bridgehead atoms. The molecule has 3 rings (SSSR count). The summed E-state index contributed by atoms with van der Waals surface area (Å²) in [5.74, 6) is 0.397. The van der Waals surface area contributed by atoms with E-state index in [1.54, 1.807) is 25.2 Å². The molecule has 166 valence electrons. The van der Waals surface area contributed by atoms with E-state index in [4.69, 9.17) is 0 Å². The van der Waals surface area contributed by atoms with Crippen LogP contribution in [0, 0.1) is 0 Å². The van der Waals surface area contributed by atoms with Gasteiger partial charge >= 0.3 is 0 Å². The average molecular weight is 432 g/mol. The second kappa shape index (κ2) is 10.5. The molecule has 0 aliphatic rings. The first-order valence-electron chi connectivity index (χ1n) is 10.5. The molecule has 7 heteroatoms. The number of hydrogen-bond acceptors (Lipinski definition) is 5. The number of aryl methyl sites for hydroxylation is 1. The van der Waals surface area contributed by atoms with Crippen molar-refractivity contribution in [2.75, 3.05) is 33.1 Å². The Morgan fingerprint density at radius 2 is 1.59 bits per heavy atom. The van der Waals surface area contributed by atoms with Crippen molar-refractivity contribution < 1.29 is 9.59 Å². The molecule has 1 N–H and O–H groups in total. The van der Waals surface area contributed by atoms with Crippen LogP contribution in [-0.4, -0.2) is 54.9 Å². The number of hydrogen-bond donors (Lipinski definition) is 1. The van der Waals surface area contributed by atoms with Crippen molar-refractivity contribution in [3.8, 4) is 11.3 Å². The van der Waals surface area contributed by atoms with Crippen molar-refractivity contribution >= 4 is 17.8 Å². The van der Waals surface area contributed by atoms with Gasteiger partial charge in [0.2, 0.25) is 11.9 Å². The molecule has 0 atom stereocenters. The molecule has 32 heavy (non-hydrogen) atoms. The number of rotatable bonds is 8. The predicted molar refractivity (Wildman–Crippen MR) is 126 cm³/mol. The number of benzene rings is 2. The van der Waals surface area contributed by atoms with Crippen LogP contribution in [0.15, 0.2) is 60.8 Å². The van der Waals surface area contributed by atoms with Crippen LogP contribution in [0.5, 0.6) is 0 Å². The third-order valence-corrected chi connectivity index (χ3v) is 5.01. The first-order valence-corrected chi connectivity index (χ1v) is 10.5. The van der Waals surface area contributed by atoms with Crippen molar-refractivity contribution in [2.24, 2.45) is 0 Å². The summed E-state index contributed by atoms with van der Waals surface area (Å²) in [6, 6.07) is 17.7. The Hall–Kier alpha value is -3.74. The summed E-state index contributed by atoms with van der Waals surface area (Å²) in [6.45, 7) is 0.449. The summed E-state index contributed by atoms with van der Waals surface area (Å²) < 4.78 is 0. The largest absolute Gasteiger partial charge is 0.352 e. The molecule has 0 radical (unpaired) electrons. The monoisotopic (exact) mass is 431 g/mol. The average Bonchev–Trinajstić information content (AvgIpc) is 2.81. The topological polar surface area (TPSA) is 78.4 Å². The second-order valence-corrected chi connectivity index (χ2v) is 7.99. The van der Waals surface area contributed by atoms with E-state index in [1.165, 1.54) is 4.90 Å². The zero-order chi connectivity index (χ0) is 23.1. The van der Waals surface area contributed by atoms with Crippen LogP contribution in [0.4, 0.5) is 5.95 Å². The van der Waals surface area contributed by atoms with Gasteiger partial charge in [-0.25, -0.2) is 9.97 Å². The van der Waals surface area contributed by atoms with Gasteiger partial charge in [-0.2, -0.15) is 0 Å². The summed E-state index contributed by atoms with van der Waals surface area (Å²) in [7, 11) is 7.12. The zero-order valence-corrected chi connectivity index (χ0v) is 19.0. The maximum absolute atomic E-state index is 12.6. The van der Waals surface area contributed by atoms with Gasteiger partial charge in [0.15, 0.2) is 0 Å². The summed E-state index contributed by atoms with van der Waals surface area (Å²) >= 11 is 0. The minimum Gasteiger partial charge on any atom is -0.352 e. The molecule has 3 aromatic rings. The van der Waals surface area contributed by atoms with Crippen LogP contribution in [0.3, 0.4) is 0 Å². The number of carbonyl (C=O) groups is 2. The highest BCUT2D eigenvalue weighted by Crippen LogP contribution is 2.24. The zero-order valence-electron chi connectivity index (χ0n) is 19.0. The molecule has 2 amide bonds. The Kier molecular flexibility index (Phi) is 7.54. The van der Waals surface area contributed by atoms with Gasteiger partial charge in [-0.3, -0.25) is 9.59 Å². The Morgan fingerprint density at radius 3 is 2.22 bits per heavy atom. The van der Waals surface area contributed by atoms with Crippen LogP contribution in [0.1, 0.15) is 27.9 Å². The van der Waals surface area contributed by atoms with Crippen LogP contribution in [0.25, 0.3) is 11.3 Å². The van der Waals surface area contributed by atoms with Crippen LogP contribution < -0.4 is 10.2 Å². The van der Waals surface area contributed by atoms with Gasteiger partial charge in [-0.05, 0) is 17.5 Å². The lowest BCUT2D eigenvalue weighted by Gasteiger charge is -2.16. The molecule has 0 spiro atoms. The lowest BCUT2D eigenvalue weighted by molar-refractivity contribution is -0.121. The molecule has 2 aromatic carbocycles. The summed E-state index contributed by atoms with van der Waals surface area (Å²) in [5, 5.41) is 2.97. The first-order chi connectivity index (χ1) is 15.3. The quantitative estimate of drug-likeness (QED) is 0.593. The van der Waals surface area contributed by atoms with Crippen molar-refractivity contribution in [2.45, 2.75) is 19.4 Å². The predicted octanol–water partition coefficient (Wildman–Crippen LogP) is 3.16. The van der Waals surface area contributed by atoms with Gasteiger partial charge in [0.05, 0.1) is 11.3 Å². The Morgan fingerprint density at radius 1 is 0.906 bits per heavy atom. The lowest BCUT2D eigenvalue weighted by atomic mass is 10.0. The fourth-order valence-corrected chi connectivity index (χ4v) is 3.18. The molecular formula is C25H29N5O2. The van der Waals surface area contributed by atoms with Gasteiger partial charge in [0, 0.05) is 52.9 Å². The highest BCUT2D eigenvalue weighted by Gasteiger charge is 2.18. The van der Waals surface area contributed by atoms with Crippen molar-refractivity contribution in [1.82, 2.24) is 20.2 Å². The second-order valence-electron chi connectivity index (χ2n) is 7.99. The third-order valence-electron chi connectivity index (χ3n) is 5.01. The van der Waals surface area contributed by atoms with E-state index in [-0.39, 0.29) is 11.8 Å². The van der Waals surface area contributed by atoms with Crippen molar-refractivity contribution in [3.63, 3.8) is 0 Å². The SMILES string of the molecule is CN(C)C(=O)c1cnc(N(C)C)nc1-c1ccc(CNC(=O)CCc2ccccc2)cc1. The lowest BCUT2D eigenvalue weighted by Crippen LogP contribution is -2.24. The molecule has 1 heterocycles. The maximum atomic E-state index is 12.6. The molecule has 1 aromatic heterocycles. The summed E-state index contributed by atoms with van der Waals surface area (Å²) in [4.78, 5) is 37.0. The number of aromatic nitrogens is 2. The molecule has 0 aliphatic heterocycles. The molecular weight excluding hydrogens is 402 g/mol. The Labute approximate surface area is 189 Å². The number of anilines is 1. The minimum absolute atomic E-state index is 0.0169. The number of amides is 2. The smallest absolute Gasteiger partial charge is 0.257 e. The van der Waals surface area contributed by atoms with E-state index >= 15 is 0 Å². The van der Waals surface area contributed by atoms with Gasteiger partial charge in [0.1, 0.15) is 0 Å². The Balaban J connectivity index is 1.69. The van der Waals surface area contributed by atoms with Crippen LogP contribution in [0.2, 0.25) is 0 Å². The van der Waals surface area contributed by atoms with Gasteiger partial charge in [-0.1, -0.05) is 54.6 Å². The van der Waals surface area contributed by atoms with E-state index < -0.39 is 0 Å². The Bertz CT molecular complexity index is 1060. The standard InChI is InChI=1S/C25H29N5O2/c1-29(2)24(32)21-17-27-25(30(3)4)28-23(21)20-13-10-19(11-14-20)16-26-22(31)15-12-18-8-6-5-7-9-18/h5-11,13-14,17H,12,15-16H2,1-4H3,(H,26,31).